The molecule has 2 N–H and O–H groups in total. The van der Waals surface area contributed by atoms with Crippen molar-refractivity contribution in [1.29, 1.82) is 0 Å². The van der Waals surface area contributed by atoms with Gasteiger partial charge >= 0.3 is 5.97 Å². The van der Waals surface area contributed by atoms with Gasteiger partial charge in [-0.1, -0.05) is 6.92 Å². The quantitative estimate of drug-likeness (QED) is 0.600. The standard InChI is InChI=1S/C10H19NO3/c1-3-6-14-7-10(11-2,9(12)13)8-4-5-8/h8,11H,3-7H2,1-2H3,(H,12,13). The number of hydrogen-bond donors (Lipinski definition) is 2. The lowest BCUT2D eigenvalue weighted by atomic mass is 9.94. The van der Waals surface area contributed by atoms with Crippen molar-refractivity contribution < 1.29 is 14.6 Å². The highest BCUT2D eigenvalue weighted by atomic mass is 16.5. The Morgan fingerprint density at radius 2 is 2.29 bits per heavy atom. The van der Waals surface area contributed by atoms with Gasteiger partial charge in [0.1, 0.15) is 5.54 Å². The molecule has 0 amide bonds. The molecule has 14 heavy (non-hydrogen) atoms. The molecular weight excluding hydrogens is 182 g/mol. The number of aliphatic carboxylic acids is 1. The first-order chi connectivity index (χ1) is 6.67. The van der Waals surface area contributed by atoms with Crippen LogP contribution in [-0.4, -0.2) is 36.9 Å². The van der Waals surface area contributed by atoms with E-state index in [-0.39, 0.29) is 12.5 Å². The Morgan fingerprint density at radius 1 is 1.64 bits per heavy atom. The molecule has 0 saturated heterocycles. The largest absolute Gasteiger partial charge is 0.480 e. The van der Waals surface area contributed by atoms with E-state index in [4.69, 9.17) is 4.74 Å². The van der Waals surface area contributed by atoms with Gasteiger partial charge in [0.25, 0.3) is 0 Å². The van der Waals surface area contributed by atoms with Crippen LogP contribution in [-0.2, 0) is 9.53 Å². The number of nitrogens with one attached hydrogen (secondary N) is 1. The van der Waals surface area contributed by atoms with E-state index in [1.54, 1.807) is 7.05 Å². The second-order valence-corrected chi connectivity index (χ2v) is 3.85. The zero-order valence-electron chi connectivity index (χ0n) is 8.88. The number of ether oxygens (including phenoxy) is 1. The molecule has 1 saturated carbocycles. The van der Waals surface area contributed by atoms with Crippen molar-refractivity contribution in [2.45, 2.75) is 31.7 Å². The van der Waals surface area contributed by atoms with Crippen LogP contribution >= 0.6 is 0 Å². The van der Waals surface area contributed by atoms with Gasteiger partial charge in [0.15, 0.2) is 0 Å². The molecule has 0 aliphatic heterocycles. The molecule has 0 bridgehead atoms. The van der Waals surface area contributed by atoms with Gasteiger partial charge in [-0.2, -0.15) is 0 Å². The van der Waals surface area contributed by atoms with E-state index >= 15 is 0 Å². The molecule has 1 atom stereocenters. The van der Waals surface area contributed by atoms with Crippen LogP contribution in [0, 0.1) is 5.92 Å². The fraction of sp³-hybridized carbons (Fsp3) is 0.900. The molecule has 4 nitrogen and oxygen atoms in total. The summed E-state index contributed by atoms with van der Waals surface area (Å²) in [7, 11) is 1.70. The summed E-state index contributed by atoms with van der Waals surface area (Å²) in [6.45, 7) is 2.92. The molecular formula is C10H19NO3. The lowest BCUT2D eigenvalue weighted by Crippen LogP contribution is -2.56. The SMILES string of the molecule is CCCOCC(NC)(C(=O)O)C1CC1. The predicted octanol–water partition coefficient (Wildman–Crippen LogP) is 0.866. The third kappa shape index (κ3) is 2.25. The van der Waals surface area contributed by atoms with E-state index < -0.39 is 11.5 Å². The first kappa shape index (κ1) is 11.5. The number of rotatable bonds is 7. The first-order valence-corrected chi connectivity index (χ1v) is 5.17. The van der Waals surface area contributed by atoms with Crippen LogP contribution in [0.5, 0.6) is 0 Å². The summed E-state index contributed by atoms with van der Waals surface area (Å²) in [5.74, 6) is -0.555. The van der Waals surface area contributed by atoms with E-state index in [1.807, 2.05) is 6.92 Å². The minimum atomic E-state index is -0.852. The van der Waals surface area contributed by atoms with Crippen molar-refractivity contribution in [3.05, 3.63) is 0 Å². The summed E-state index contributed by atoms with van der Waals surface area (Å²) < 4.78 is 5.36. The first-order valence-electron chi connectivity index (χ1n) is 5.17. The molecule has 1 unspecified atom stereocenters. The highest BCUT2D eigenvalue weighted by molar-refractivity contribution is 5.80. The second-order valence-electron chi connectivity index (χ2n) is 3.85. The van der Waals surface area contributed by atoms with E-state index in [9.17, 15) is 9.90 Å². The molecule has 0 spiro atoms. The number of hydrogen-bond acceptors (Lipinski definition) is 3. The Bertz CT molecular complexity index is 204. The minimum absolute atomic E-state index is 0.238. The Kier molecular flexibility index (Phi) is 3.89. The van der Waals surface area contributed by atoms with Crippen LogP contribution in [0.1, 0.15) is 26.2 Å². The summed E-state index contributed by atoms with van der Waals surface area (Å²) in [6.07, 6.45) is 2.90. The van der Waals surface area contributed by atoms with Crippen LogP contribution in [0.3, 0.4) is 0 Å². The monoisotopic (exact) mass is 201 g/mol. The van der Waals surface area contributed by atoms with Crippen LogP contribution in [0.2, 0.25) is 0 Å². The number of carbonyl (C=O) groups is 1. The average Bonchev–Trinajstić information content (AvgIpc) is 2.96. The smallest absolute Gasteiger partial charge is 0.326 e. The third-order valence-electron chi connectivity index (χ3n) is 2.78. The zero-order chi connectivity index (χ0) is 10.6. The van der Waals surface area contributed by atoms with Gasteiger partial charge < -0.3 is 15.2 Å². The number of carboxylic acid groups (broad SMARTS) is 1. The molecule has 0 heterocycles. The Balaban J connectivity index is 2.54. The van der Waals surface area contributed by atoms with Gasteiger partial charge in [-0.15, -0.1) is 0 Å². The zero-order valence-corrected chi connectivity index (χ0v) is 8.88. The van der Waals surface area contributed by atoms with Crippen LogP contribution in [0.4, 0.5) is 0 Å². The van der Waals surface area contributed by atoms with E-state index in [0.717, 1.165) is 19.3 Å². The molecule has 1 fully saturated rings. The maximum atomic E-state index is 11.2. The molecule has 0 aromatic heterocycles. The van der Waals surface area contributed by atoms with Crippen molar-refractivity contribution >= 4 is 5.97 Å². The summed E-state index contributed by atoms with van der Waals surface area (Å²) in [5.41, 5.74) is -0.852. The van der Waals surface area contributed by atoms with Gasteiger partial charge in [0.2, 0.25) is 0 Å². The summed E-state index contributed by atoms with van der Waals surface area (Å²) in [4.78, 5) is 11.2. The van der Waals surface area contributed by atoms with Crippen LogP contribution in [0.25, 0.3) is 0 Å². The van der Waals surface area contributed by atoms with E-state index in [0.29, 0.717) is 6.61 Å². The van der Waals surface area contributed by atoms with E-state index in [1.165, 1.54) is 0 Å². The van der Waals surface area contributed by atoms with E-state index in [2.05, 4.69) is 5.32 Å². The molecule has 1 aliphatic rings. The molecule has 82 valence electrons. The maximum absolute atomic E-state index is 11.2. The van der Waals surface area contributed by atoms with Gasteiger partial charge in [0.05, 0.1) is 6.61 Å². The molecule has 0 aromatic carbocycles. The number of likely N-dealkylation sites (N-methyl/N-ethyl adjacent to an activating group) is 1. The van der Waals surface area contributed by atoms with Crippen LogP contribution < -0.4 is 5.32 Å². The minimum Gasteiger partial charge on any atom is -0.480 e. The molecule has 4 heteroatoms. The average molecular weight is 201 g/mol. The molecule has 1 rings (SSSR count). The van der Waals surface area contributed by atoms with Crippen molar-refractivity contribution in [3.8, 4) is 0 Å². The normalized spacial score (nSPS) is 20.4. The summed E-state index contributed by atoms with van der Waals surface area (Å²) in [6, 6.07) is 0. The fourth-order valence-corrected chi connectivity index (χ4v) is 1.69. The summed E-state index contributed by atoms with van der Waals surface area (Å²) >= 11 is 0. The Morgan fingerprint density at radius 3 is 2.64 bits per heavy atom. The van der Waals surface area contributed by atoms with Crippen molar-refractivity contribution in [3.63, 3.8) is 0 Å². The third-order valence-corrected chi connectivity index (χ3v) is 2.78. The molecule has 1 aliphatic carbocycles. The second kappa shape index (κ2) is 4.75. The van der Waals surface area contributed by atoms with Gasteiger partial charge in [0, 0.05) is 6.61 Å². The van der Waals surface area contributed by atoms with Gasteiger partial charge in [-0.05, 0) is 32.2 Å². The van der Waals surface area contributed by atoms with Crippen molar-refractivity contribution in [2.24, 2.45) is 5.92 Å². The van der Waals surface area contributed by atoms with Crippen molar-refractivity contribution in [1.82, 2.24) is 5.32 Å². The highest BCUT2D eigenvalue weighted by Gasteiger charge is 2.50. The maximum Gasteiger partial charge on any atom is 0.326 e. The highest BCUT2D eigenvalue weighted by Crippen LogP contribution is 2.40. The topological polar surface area (TPSA) is 58.6 Å². The van der Waals surface area contributed by atoms with Crippen LogP contribution in [0.15, 0.2) is 0 Å². The van der Waals surface area contributed by atoms with Crippen molar-refractivity contribution in [2.75, 3.05) is 20.3 Å². The Labute approximate surface area is 84.6 Å². The summed E-state index contributed by atoms with van der Waals surface area (Å²) in [5, 5.41) is 12.1. The lowest BCUT2D eigenvalue weighted by Gasteiger charge is -2.28. The van der Waals surface area contributed by atoms with Gasteiger partial charge in [-0.3, -0.25) is 4.79 Å². The lowest BCUT2D eigenvalue weighted by molar-refractivity contribution is -0.148. The molecule has 0 radical (unpaired) electrons. The predicted molar refractivity (Wildman–Crippen MR) is 53.3 cm³/mol. The fourth-order valence-electron chi connectivity index (χ4n) is 1.69. The molecule has 0 aromatic rings. The number of carboxylic acids is 1. The van der Waals surface area contributed by atoms with Gasteiger partial charge in [-0.25, -0.2) is 0 Å². The Hall–Kier alpha value is -0.610.